The summed E-state index contributed by atoms with van der Waals surface area (Å²) in [5.41, 5.74) is 4.52. The molecule has 15 heteroatoms. The number of nitrogens with one attached hydrogen (secondary N) is 2. The molecule has 0 unspecified atom stereocenters. The van der Waals surface area contributed by atoms with Crippen LogP contribution in [0.25, 0.3) is 6.08 Å². The highest BCUT2D eigenvalue weighted by molar-refractivity contribution is 8.26. The summed E-state index contributed by atoms with van der Waals surface area (Å²) in [6, 6.07) is 8.39. The zero-order valence-electron chi connectivity index (χ0n) is 21.0. The number of carbonyl (C=O) groups excluding carboxylic acids is 2. The number of thioether (sulfide) groups is 1. The van der Waals surface area contributed by atoms with Crippen molar-refractivity contribution >= 4 is 63.3 Å². The van der Waals surface area contributed by atoms with E-state index in [2.05, 4.69) is 10.9 Å². The summed E-state index contributed by atoms with van der Waals surface area (Å²) in [6.07, 6.45) is 3.63. The van der Waals surface area contributed by atoms with Crippen molar-refractivity contribution in [3.8, 4) is 11.5 Å². The second-order valence-electron chi connectivity index (χ2n) is 8.15. The number of nitro groups is 2. The highest BCUT2D eigenvalue weighted by Gasteiger charge is 2.31. The van der Waals surface area contributed by atoms with Crippen LogP contribution in [0.15, 0.2) is 41.3 Å². The minimum atomic E-state index is -0.779. The Morgan fingerprint density at radius 3 is 2.46 bits per heavy atom. The van der Waals surface area contributed by atoms with Crippen molar-refractivity contribution in [2.24, 2.45) is 0 Å². The van der Waals surface area contributed by atoms with Crippen LogP contribution in [0.3, 0.4) is 0 Å². The van der Waals surface area contributed by atoms with Crippen molar-refractivity contribution in [1.29, 1.82) is 0 Å². The van der Waals surface area contributed by atoms with Crippen molar-refractivity contribution in [1.82, 2.24) is 10.3 Å². The van der Waals surface area contributed by atoms with Gasteiger partial charge in [-0.05, 0) is 42.7 Å². The Hall–Kier alpha value is -4.24. The number of anilines is 1. The van der Waals surface area contributed by atoms with Gasteiger partial charge in [0.05, 0.1) is 35.0 Å². The highest BCUT2D eigenvalue weighted by atomic mass is 32.2. The lowest BCUT2D eigenvalue weighted by atomic mass is 10.1. The van der Waals surface area contributed by atoms with Gasteiger partial charge in [0, 0.05) is 19.0 Å². The fourth-order valence-corrected chi connectivity index (χ4v) is 4.92. The lowest BCUT2D eigenvalue weighted by molar-refractivity contribution is -0.393. The van der Waals surface area contributed by atoms with E-state index in [9.17, 15) is 29.8 Å². The molecule has 39 heavy (non-hydrogen) atoms. The summed E-state index contributed by atoms with van der Waals surface area (Å²) in [6.45, 7) is 0.406. The standard InChI is InChI=1S/C24H25N5O8S2/c1-36-19-10-7-15(12-20(19)37-2)13-21-23(31)27(24(38)39-21)11-5-3-4-6-22(30)26-25-17-9-8-16(28(32)33)14-18(17)29(34)35/h7-10,12-14,25H,3-6,11H2,1-2H3,(H,26,30)/b21-13-. The van der Waals surface area contributed by atoms with E-state index in [0.29, 0.717) is 46.5 Å². The number of carbonyl (C=O) groups is 2. The predicted molar refractivity (Wildman–Crippen MR) is 149 cm³/mol. The van der Waals surface area contributed by atoms with E-state index in [1.807, 2.05) is 6.07 Å². The fourth-order valence-electron chi connectivity index (χ4n) is 3.61. The van der Waals surface area contributed by atoms with Crippen molar-refractivity contribution < 1.29 is 28.9 Å². The molecule has 3 rings (SSSR count). The molecule has 206 valence electrons. The maximum absolute atomic E-state index is 12.9. The minimum Gasteiger partial charge on any atom is -0.493 e. The monoisotopic (exact) mass is 575 g/mol. The Labute approximate surface area is 232 Å². The van der Waals surface area contributed by atoms with Gasteiger partial charge in [-0.2, -0.15) is 0 Å². The topological polar surface area (TPSA) is 166 Å². The van der Waals surface area contributed by atoms with E-state index in [-0.39, 0.29) is 18.0 Å². The van der Waals surface area contributed by atoms with Crippen LogP contribution in [0.5, 0.6) is 11.5 Å². The molecule has 0 spiro atoms. The number of hydrazine groups is 1. The molecule has 1 fully saturated rings. The lowest BCUT2D eigenvalue weighted by Crippen LogP contribution is -2.30. The average molecular weight is 576 g/mol. The molecular formula is C24H25N5O8S2. The second-order valence-corrected chi connectivity index (χ2v) is 9.82. The number of hydrogen-bond acceptors (Lipinski definition) is 11. The largest absolute Gasteiger partial charge is 0.493 e. The van der Waals surface area contributed by atoms with Crippen LogP contribution in [-0.2, 0) is 9.59 Å². The van der Waals surface area contributed by atoms with Crippen molar-refractivity contribution in [2.45, 2.75) is 25.7 Å². The number of hydrogen-bond donors (Lipinski definition) is 2. The number of nitrogens with zero attached hydrogens (tertiary/aromatic N) is 3. The summed E-state index contributed by atoms with van der Waals surface area (Å²) >= 11 is 6.59. The molecule has 2 aromatic carbocycles. The summed E-state index contributed by atoms with van der Waals surface area (Å²) < 4.78 is 11.0. The number of ether oxygens (including phenoxy) is 2. The van der Waals surface area contributed by atoms with Crippen LogP contribution in [0.2, 0.25) is 0 Å². The molecule has 0 saturated carbocycles. The van der Waals surface area contributed by atoms with E-state index in [4.69, 9.17) is 21.7 Å². The van der Waals surface area contributed by atoms with Gasteiger partial charge < -0.3 is 9.47 Å². The SMILES string of the molecule is COc1ccc(/C=C2\SC(=S)N(CCCCCC(=O)NNc3ccc([N+](=O)[O-])cc3[N+](=O)[O-])C2=O)cc1OC. The van der Waals surface area contributed by atoms with Crippen LogP contribution < -0.4 is 20.3 Å². The number of rotatable bonds is 13. The third-order valence-corrected chi connectivity index (χ3v) is 6.97. The number of methoxy groups -OCH3 is 2. The van der Waals surface area contributed by atoms with Crippen molar-refractivity contribution in [3.63, 3.8) is 0 Å². The minimum absolute atomic E-state index is 0.0746. The Kier molecular flexibility index (Phi) is 10.2. The van der Waals surface area contributed by atoms with Crippen LogP contribution in [-0.4, -0.2) is 51.6 Å². The van der Waals surface area contributed by atoms with Crippen LogP contribution in [0, 0.1) is 20.2 Å². The first-order chi connectivity index (χ1) is 18.6. The van der Waals surface area contributed by atoms with Crippen LogP contribution in [0.4, 0.5) is 17.1 Å². The first-order valence-electron chi connectivity index (χ1n) is 11.6. The Morgan fingerprint density at radius 2 is 1.79 bits per heavy atom. The zero-order chi connectivity index (χ0) is 28.5. The van der Waals surface area contributed by atoms with Crippen LogP contribution in [0.1, 0.15) is 31.2 Å². The molecule has 0 bridgehead atoms. The van der Waals surface area contributed by atoms with Crippen molar-refractivity contribution in [2.75, 3.05) is 26.2 Å². The maximum Gasteiger partial charge on any atom is 0.300 e. The number of amides is 2. The number of benzene rings is 2. The summed E-state index contributed by atoms with van der Waals surface area (Å²) in [4.78, 5) is 47.5. The van der Waals surface area contributed by atoms with E-state index in [1.54, 1.807) is 25.3 Å². The van der Waals surface area contributed by atoms with Gasteiger partial charge in [0.2, 0.25) is 5.91 Å². The Balaban J connectivity index is 1.44. The first-order valence-corrected chi connectivity index (χ1v) is 12.8. The molecule has 0 radical (unpaired) electrons. The molecule has 0 aliphatic carbocycles. The number of unbranched alkanes of at least 4 members (excludes halogenated alkanes) is 2. The summed E-state index contributed by atoms with van der Waals surface area (Å²) in [5, 5.41) is 22.0. The number of thiocarbonyl (C=S) groups is 1. The van der Waals surface area contributed by atoms with E-state index >= 15 is 0 Å². The summed E-state index contributed by atoms with van der Waals surface area (Å²) in [7, 11) is 3.08. The molecule has 2 aromatic rings. The zero-order valence-corrected chi connectivity index (χ0v) is 22.6. The number of nitro benzene ring substituents is 2. The van der Waals surface area contributed by atoms with E-state index in [1.165, 1.54) is 23.8 Å². The molecule has 1 heterocycles. The van der Waals surface area contributed by atoms with Gasteiger partial charge in [0.1, 0.15) is 10.0 Å². The molecule has 0 aromatic heterocycles. The molecule has 2 amide bonds. The Bertz CT molecular complexity index is 1330. The smallest absolute Gasteiger partial charge is 0.300 e. The summed E-state index contributed by atoms with van der Waals surface area (Å²) in [5.74, 6) is 0.531. The van der Waals surface area contributed by atoms with Gasteiger partial charge in [0.25, 0.3) is 11.6 Å². The molecular weight excluding hydrogens is 550 g/mol. The molecule has 0 atom stereocenters. The molecule has 1 saturated heterocycles. The lowest BCUT2D eigenvalue weighted by Gasteiger charge is -2.14. The molecule has 13 nitrogen and oxygen atoms in total. The quantitative estimate of drug-likeness (QED) is 0.114. The van der Waals surface area contributed by atoms with E-state index < -0.39 is 27.1 Å². The third-order valence-electron chi connectivity index (χ3n) is 5.59. The van der Waals surface area contributed by atoms with Gasteiger partial charge in [-0.1, -0.05) is 36.5 Å². The Morgan fingerprint density at radius 1 is 1.05 bits per heavy atom. The normalized spacial score (nSPS) is 13.9. The molecule has 1 aliphatic heterocycles. The molecule has 1 aliphatic rings. The fraction of sp³-hybridized carbons (Fsp3) is 0.292. The van der Waals surface area contributed by atoms with Gasteiger partial charge >= 0.3 is 5.69 Å². The highest BCUT2D eigenvalue weighted by Crippen LogP contribution is 2.35. The van der Waals surface area contributed by atoms with Gasteiger partial charge in [-0.25, -0.2) is 0 Å². The van der Waals surface area contributed by atoms with Gasteiger partial charge in [-0.15, -0.1) is 0 Å². The third kappa shape index (κ3) is 7.64. The van der Waals surface area contributed by atoms with Gasteiger partial charge in [-0.3, -0.25) is 45.6 Å². The number of non-ortho nitro benzene ring substituents is 1. The van der Waals surface area contributed by atoms with Crippen LogP contribution >= 0.6 is 24.0 Å². The maximum atomic E-state index is 12.9. The first kappa shape index (κ1) is 29.3. The van der Waals surface area contributed by atoms with E-state index in [0.717, 1.165) is 23.8 Å². The second kappa shape index (κ2) is 13.5. The van der Waals surface area contributed by atoms with Crippen molar-refractivity contribution in [3.05, 3.63) is 67.1 Å². The van der Waals surface area contributed by atoms with Gasteiger partial charge in [0.15, 0.2) is 11.5 Å². The average Bonchev–Trinajstić information content (AvgIpc) is 3.18. The predicted octanol–water partition coefficient (Wildman–Crippen LogP) is 4.43. The molecule has 2 N–H and O–H groups in total.